The van der Waals surface area contributed by atoms with Crippen molar-refractivity contribution in [3.63, 3.8) is 0 Å². The summed E-state index contributed by atoms with van der Waals surface area (Å²) in [5.41, 5.74) is 4.26. The summed E-state index contributed by atoms with van der Waals surface area (Å²) in [5.74, 6) is -1.74. The third-order valence-corrected chi connectivity index (χ3v) is 4.40. The molecule has 0 bridgehead atoms. The van der Waals surface area contributed by atoms with Crippen molar-refractivity contribution >= 4 is 11.9 Å². The van der Waals surface area contributed by atoms with Gasteiger partial charge in [0.1, 0.15) is 6.04 Å². The molecule has 0 aliphatic heterocycles. The van der Waals surface area contributed by atoms with E-state index in [2.05, 4.69) is 5.32 Å². The van der Waals surface area contributed by atoms with E-state index in [1.807, 2.05) is 48.5 Å². The van der Waals surface area contributed by atoms with Crippen molar-refractivity contribution in [1.29, 1.82) is 0 Å². The zero-order valence-electron chi connectivity index (χ0n) is 13.0. The van der Waals surface area contributed by atoms with Crippen molar-refractivity contribution < 1.29 is 14.7 Å². The second kappa shape index (κ2) is 6.24. The lowest BCUT2D eigenvalue weighted by molar-refractivity contribution is -0.141. The minimum atomic E-state index is -1.02. The van der Waals surface area contributed by atoms with Gasteiger partial charge >= 0.3 is 5.97 Å². The molecule has 0 saturated heterocycles. The highest BCUT2D eigenvalue weighted by Crippen LogP contribution is 2.36. The van der Waals surface area contributed by atoms with Crippen molar-refractivity contribution in [1.82, 2.24) is 5.32 Å². The second-order valence-corrected chi connectivity index (χ2v) is 5.89. The van der Waals surface area contributed by atoms with Crippen LogP contribution in [-0.2, 0) is 22.4 Å². The van der Waals surface area contributed by atoms with Crippen LogP contribution in [0, 0.1) is 0 Å². The molecule has 4 heteroatoms. The Morgan fingerprint density at radius 3 is 1.91 bits per heavy atom. The maximum Gasteiger partial charge on any atom is 0.327 e. The summed E-state index contributed by atoms with van der Waals surface area (Å²) in [6.45, 7) is 1.35. The van der Waals surface area contributed by atoms with Crippen LogP contribution in [-0.4, -0.2) is 23.0 Å². The molecule has 23 heavy (non-hydrogen) atoms. The standard InChI is InChI=1S/C19H19NO3/c1-12(21)20-18(19(22)23)17-15-8-4-2-6-13(15)10-11-14-7-3-5-9-16(14)17/h2-9,17-18H,10-11H2,1H3,(H,20,21)(H,22,23)/t18-/m0/s1. The lowest BCUT2D eigenvalue weighted by Crippen LogP contribution is -2.44. The molecule has 1 aliphatic rings. The van der Waals surface area contributed by atoms with E-state index in [1.165, 1.54) is 6.92 Å². The van der Waals surface area contributed by atoms with Gasteiger partial charge in [0.2, 0.25) is 5.91 Å². The van der Waals surface area contributed by atoms with Crippen LogP contribution in [0.5, 0.6) is 0 Å². The number of hydrogen-bond donors (Lipinski definition) is 2. The molecule has 0 unspecified atom stereocenters. The summed E-state index contributed by atoms with van der Waals surface area (Å²) in [6.07, 6.45) is 1.74. The number of benzene rings is 2. The Kier molecular flexibility index (Phi) is 4.15. The SMILES string of the molecule is CC(=O)N[C@H](C(=O)O)C1c2ccccc2CCc2ccccc21. The van der Waals surface area contributed by atoms with Gasteiger partial charge in [-0.25, -0.2) is 4.79 Å². The Labute approximate surface area is 135 Å². The maximum atomic E-state index is 11.9. The van der Waals surface area contributed by atoms with Crippen LogP contribution in [0.3, 0.4) is 0 Å². The van der Waals surface area contributed by atoms with E-state index >= 15 is 0 Å². The fraction of sp³-hybridized carbons (Fsp3) is 0.263. The molecule has 0 fully saturated rings. The molecule has 0 aromatic heterocycles. The summed E-state index contributed by atoms with van der Waals surface area (Å²) < 4.78 is 0. The van der Waals surface area contributed by atoms with E-state index in [9.17, 15) is 14.7 Å². The zero-order chi connectivity index (χ0) is 16.4. The molecule has 0 spiro atoms. The first kappa shape index (κ1) is 15.3. The van der Waals surface area contributed by atoms with E-state index in [0.29, 0.717) is 0 Å². The zero-order valence-corrected chi connectivity index (χ0v) is 13.0. The first-order valence-electron chi connectivity index (χ1n) is 7.73. The molecule has 118 valence electrons. The number of carbonyl (C=O) groups is 2. The predicted molar refractivity (Wildman–Crippen MR) is 87.4 cm³/mol. The molecular weight excluding hydrogens is 290 g/mol. The Morgan fingerprint density at radius 1 is 1.00 bits per heavy atom. The minimum absolute atomic E-state index is 0.336. The number of aliphatic carboxylic acids is 1. The summed E-state index contributed by atoms with van der Waals surface area (Å²) in [4.78, 5) is 23.4. The van der Waals surface area contributed by atoms with Gasteiger partial charge in [-0.15, -0.1) is 0 Å². The Bertz CT molecular complexity index is 706. The fourth-order valence-corrected chi connectivity index (χ4v) is 3.43. The highest BCUT2D eigenvalue weighted by molar-refractivity contribution is 5.84. The van der Waals surface area contributed by atoms with Gasteiger partial charge in [0.15, 0.2) is 0 Å². The van der Waals surface area contributed by atoms with E-state index in [4.69, 9.17) is 0 Å². The van der Waals surface area contributed by atoms with Gasteiger partial charge < -0.3 is 10.4 Å². The molecule has 0 radical (unpaired) electrons. The number of amides is 1. The van der Waals surface area contributed by atoms with E-state index in [1.54, 1.807) is 0 Å². The lowest BCUT2D eigenvalue weighted by atomic mass is 9.82. The third kappa shape index (κ3) is 2.97. The first-order chi connectivity index (χ1) is 11.1. The number of fused-ring (bicyclic) bond motifs is 2. The van der Waals surface area contributed by atoms with Crippen molar-refractivity contribution in [2.24, 2.45) is 0 Å². The Balaban J connectivity index is 2.20. The average Bonchev–Trinajstić information content (AvgIpc) is 2.69. The van der Waals surface area contributed by atoms with E-state index in [0.717, 1.165) is 35.1 Å². The Morgan fingerprint density at radius 2 is 1.48 bits per heavy atom. The van der Waals surface area contributed by atoms with Crippen LogP contribution < -0.4 is 5.32 Å². The molecule has 2 aromatic rings. The van der Waals surface area contributed by atoms with Crippen LogP contribution in [0.1, 0.15) is 35.1 Å². The van der Waals surface area contributed by atoms with Gasteiger partial charge in [-0.05, 0) is 35.1 Å². The minimum Gasteiger partial charge on any atom is -0.480 e. The van der Waals surface area contributed by atoms with Crippen molar-refractivity contribution in [3.05, 3.63) is 70.8 Å². The number of rotatable bonds is 3. The second-order valence-electron chi connectivity index (χ2n) is 5.89. The number of aryl methyl sites for hydroxylation is 2. The maximum absolute atomic E-state index is 11.9. The van der Waals surface area contributed by atoms with Crippen molar-refractivity contribution in [2.75, 3.05) is 0 Å². The van der Waals surface area contributed by atoms with Gasteiger partial charge in [-0.3, -0.25) is 4.79 Å². The molecule has 1 amide bonds. The largest absolute Gasteiger partial charge is 0.480 e. The van der Waals surface area contributed by atoms with Crippen molar-refractivity contribution in [3.8, 4) is 0 Å². The Hall–Kier alpha value is -2.62. The van der Waals surface area contributed by atoms with Gasteiger partial charge in [-0.2, -0.15) is 0 Å². The highest BCUT2D eigenvalue weighted by atomic mass is 16.4. The quantitative estimate of drug-likeness (QED) is 0.915. The summed E-state index contributed by atoms with van der Waals surface area (Å²) in [6, 6.07) is 14.8. The number of carboxylic acids is 1. The van der Waals surface area contributed by atoms with Gasteiger partial charge in [0.05, 0.1) is 0 Å². The number of hydrogen-bond acceptors (Lipinski definition) is 2. The van der Waals surface area contributed by atoms with E-state index < -0.39 is 12.0 Å². The topological polar surface area (TPSA) is 66.4 Å². The first-order valence-corrected chi connectivity index (χ1v) is 7.73. The summed E-state index contributed by atoms with van der Waals surface area (Å²) >= 11 is 0. The number of carboxylic acid groups (broad SMARTS) is 1. The number of nitrogens with one attached hydrogen (secondary N) is 1. The average molecular weight is 309 g/mol. The highest BCUT2D eigenvalue weighted by Gasteiger charge is 2.35. The predicted octanol–water partition coefficient (Wildman–Crippen LogP) is 2.51. The molecule has 2 N–H and O–H groups in total. The molecular formula is C19H19NO3. The molecule has 1 atom stereocenters. The molecule has 4 nitrogen and oxygen atoms in total. The third-order valence-electron chi connectivity index (χ3n) is 4.40. The molecule has 2 aromatic carbocycles. The van der Waals surface area contributed by atoms with Gasteiger partial charge in [0.25, 0.3) is 0 Å². The molecule has 0 saturated carbocycles. The molecule has 3 rings (SSSR count). The normalized spacial score (nSPS) is 15.0. The van der Waals surface area contributed by atoms with Crippen LogP contribution in [0.4, 0.5) is 0 Å². The summed E-state index contributed by atoms with van der Waals surface area (Å²) in [5, 5.41) is 12.3. The van der Waals surface area contributed by atoms with Crippen LogP contribution >= 0.6 is 0 Å². The van der Waals surface area contributed by atoms with Crippen LogP contribution in [0.25, 0.3) is 0 Å². The van der Waals surface area contributed by atoms with Crippen molar-refractivity contribution in [2.45, 2.75) is 31.7 Å². The van der Waals surface area contributed by atoms with E-state index in [-0.39, 0.29) is 11.8 Å². The summed E-state index contributed by atoms with van der Waals surface area (Å²) in [7, 11) is 0. The number of carbonyl (C=O) groups excluding carboxylic acids is 1. The monoisotopic (exact) mass is 309 g/mol. The fourth-order valence-electron chi connectivity index (χ4n) is 3.43. The molecule has 0 heterocycles. The molecule has 1 aliphatic carbocycles. The smallest absolute Gasteiger partial charge is 0.327 e. The lowest BCUT2D eigenvalue weighted by Gasteiger charge is -2.27. The van der Waals surface area contributed by atoms with Gasteiger partial charge in [0, 0.05) is 12.8 Å². The van der Waals surface area contributed by atoms with Crippen LogP contribution in [0.2, 0.25) is 0 Å². The van der Waals surface area contributed by atoms with Gasteiger partial charge in [-0.1, -0.05) is 48.5 Å². The van der Waals surface area contributed by atoms with Crippen LogP contribution in [0.15, 0.2) is 48.5 Å².